The molecule has 0 bridgehead atoms. The van der Waals surface area contributed by atoms with E-state index in [9.17, 15) is 0 Å². The third kappa shape index (κ3) is 8.59. The van der Waals surface area contributed by atoms with Crippen LogP contribution in [0.2, 0.25) is 0 Å². The Morgan fingerprint density at radius 2 is 2.00 bits per heavy atom. The topological polar surface area (TPSA) is 64.1 Å². The first-order valence-electron chi connectivity index (χ1n) is 11.2. The van der Waals surface area contributed by atoms with Crippen LogP contribution in [0.3, 0.4) is 0 Å². The highest BCUT2D eigenvalue weighted by atomic mass is 127. The molecule has 1 saturated carbocycles. The van der Waals surface area contributed by atoms with E-state index in [1.807, 2.05) is 0 Å². The molecule has 0 amide bonds. The number of hydrogen-bond acceptors (Lipinski definition) is 4. The number of aliphatic imine (C=N–C) groups is 1. The van der Waals surface area contributed by atoms with Crippen molar-refractivity contribution in [2.24, 2.45) is 4.99 Å². The smallest absolute Gasteiger partial charge is 0.191 e. The molecular weight excluding hydrogens is 493 g/mol. The molecule has 1 saturated heterocycles. The summed E-state index contributed by atoms with van der Waals surface area (Å²) in [5, 5.41) is 6.74. The van der Waals surface area contributed by atoms with Gasteiger partial charge in [-0.25, -0.2) is 4.99 Å². The van der Waals surface area contributed by atoms with Gasteiger partial charge in [-0.3, -0.25) is 0 Å². The zero-order chi connectivity index (χ0) is 20.3. The van der Waals surface area contributed by atoms with Crippen molar-refractivity contribution in [1.82, 2.24) is 10.6 Å². The quantitative estimate of drug-likeness (QED) is 0.205. The molecule has 3 rings (SSSR count). The zero-order valence-corrected chi connectivity index (χ0v) is 20.8. The Morgan fingerprint density at radius 1 is 1.17 bits per heavy atom. The zero-order valence-electron chi connectivity index (χ0n) is 18.5. The summed E-state index contributed by atoms with van der Waals surface area (Å²) < 4.78 is 17.6. The van der Waals surface area contributed by atoms with E-state index in [-0.39, 0.29) is 30.1 Å². The van der Waals surface area contributed by atoms with Crippen molar-refractivity contribution in [2.75, 3.05) is 32.9 Å². The van der Waals surface area contributed by atoms with Crippen molar-refractivity contribution in [3.63, 3.8) is 0 Å². The molecule has 1 aliphatic heterocycles. The number of aryl methyl sites for hydroxylation is 1. The monoisotopic (exact) mass is 531 g/mol. The molecule has 1 heterocycles. The maximum absolute atomic E-state index is 6.19. The van der Waals surface area contributed by atoms with Crippen molar-refractivity contribution in [2.45, 2.75) is 71.1 Å². The molecular formula is C23H38IN3O3. The Labute approximate surface area is 198 Å². The lowest BCUT2D eigenvalue weighted by Gasteiger charge is -2.16. The van der Waals surface area contributed by atoms with Crippen molar-refractivity contribution in [3.8, 4) is 5.75 Å². The van der Waals surface area contributed by atoms with E-state index < -0.39 is 0 Å². The van der Waals surface area contributed by atoms with Gasteiger partial charge in [-0.15, -0.1) is 24.0 Å². The number of hydrogen-bond donors (Lipinski definition) is 2. The van der Waals surface area contributed by atoms with Crippen LogP contribution in [0.4, 0.5) is 0 Å². The van der Waals surface area contributed by atoms with E-state index in [4.69, 9.17) is 19.2 Å². The Morgan fingerprint density at radius 3 is 2.73 bits per heavy atom. The minimum atomic E-state index is 0. The molecule has 6 nitrogen and oxygen atoms in total. The molecule has 170 valence electrons. The molecule has 1 aromatic rings. The number of nitrogens with one attached hydrogen (secondary N) is 2. The van der Waals surface area contributed by atoms with Crippen molar-refractivity contribution in [3.05, 3.63) is 29.3 Å². The number of nitrogens with zero attached hydrogens (tertiary/aromatic N) is 1. The van der Waals surface area contributed by atoms with Gasteiger partial charge in [0.15, 0.2) is 5.96 Å². The molecule has 2 aliphatic rings. The van der Waals surface area contributed by atoms with Crippen LogP contribution in [-0.2, 0) is 16.0 Å². The van der Waals surface area contributed by atoms with Crippen LogP contribution in [0.15, 0.2) is 23.2 Å². The Kier molecular flexibility index (Phi) is 11.8. The average molecular weight is 531 g/mol. The molecule has 0 spiro atoms. The van der Waals surface area contributed by atoms with Crippen LogP contribution >= 0.6 is 24.0 Å². The lowest BCUT2D eigenvalue weighted by Crippen LogP contribution is -2.38. The van der Waals surface area contributed by atoms with Gasteiger partial charge in [0.1, 0.15) is 11.9 Å². The molecule has 0 radical (unpaired) electrons. The minimum absolute atomic E-state index is 0. The number of benzene rings is 1. The summed E-state index contributed by atoms with van der Waals surface area (Å²) >= 11 is 0. The molecule has 7 heteroatoms. The molecule has 2 N–H and O–H groups in total. The summed E-state index contributed by atoms with van der Waals surface area (Å²) in [6, 6.07) is 6.33. The Bertz CT molecular complexity index is 645. The number of ether oxygens (including phenoxy) is 3. The van der Waals surface area contributed by atoms with Crippen molar-refractivity contribution in [1.29, 1.82) is 0 Å². The van der Waals surface area contributed by atoms with Gasteiger partial charge in [-0.05, 0) is 44.7 Å². The first-order chi connectivity index (χ1) is 14.2. The second kappa shape index (κ2) is 14.1. The van der Waals surface area contributed by atoms with Crippen molar-refractivity contribution >= 4 is 29.9 Å². The summed E-state index contributed by atoms with van der Waals surface area (Å²) in [6.45, 7) is 8.71. The van der Waals surface area contributed by atoms with Gasteiger partial charge in [0.05, 0.1) is 25.9 Å². The summed E-state index contributed by atoms with van der Waals surface area (Å²) in [5.41, 5.74) is 2.29. The van der Waals surface area contributed by atoms with Gasteiger partial charge in [-0.2, -0.15) is 0 Å². The lowest BCUT2D eigenvalue weighted by atomic mass is 10.1. The molecule has 30 heavy (non-hydrogen) atoms. The van der Waals surface area contributed by atoms with Crippen LogP contribution in [-0.4, -0.2) is 51.1 Å². The van der Waals surface area contributed by atoms with Crippen molar-refractivity contribution < 1.29 is 14.2 Å². The van der Waals surface area contributed by atoms with Crippen LogP contribution in [0.25, 0.3) is 0 Å². The summed E-state index contributed by atoms with van der Waals surface area (Å²) in [6.07, 6.45) is 7.66. The first-order valence-corrected chi connectivity index (χ1v) is 11.2. The molecule has 1 aliphatic carbocycles. The number of rotatable bonds is 10. The van der Waals surface area contributed by atoms with Gasteiger partial charge in [0.2, 0.25) is 0 Å². The van der Waals surface area contributed by atoms with E-state index in [0.717, 1.165) is 56.4 Å². The van der Waals surface area contributed by atoms with Crippen LogP contribution in [0, 0.1) is 6.92 Å². The highest BCUT2D eigenvalue weighted by Gasteiger charge is 2.19. The fraction of sp³-hybridized carbons (Fsp3) is 0.696. The predicted octanol–water partition coefficient (Wildman–Crippen LogP) is 4.19. The van der Waals surface area contributed by atoms with Gasteiger partial charge < -0.3 is 24.8 Å². The van der Waals surface area contributed by atoms with E-state index in [1.54, 1.807) is 0 Å². The van der Waals surface area contributed by atoms with E-state index in [0.29, 0.717) is 19.3 Å². The Balaban J connectivity index is 0.00000320. The predicted molar refractivity (Wildman–Crippen MR) is 132 cm³/mol. The second-order valence-corrected chi connectivity index (χ2v) is 7.97. The van der Waals surface area contributed by atoms with E-state index in [1.165, 1.54) is 31.2 Å². The summed E-state index contributed by atoms with van der Waals surface area (Å²) in [5.74, 6) is 1.76. The van der Waals surface area contributed by atoms with Crippen LogP contribution in [0.1, 0.15) is 56.6 Å². The number of guanidine groups is 1. The molecule has 1 atom stereocenters. The molecule has 1 aromatic carbocycles. The number of halogens is 1. The van der Waals surface area contributed by atoms with Gasteiger partial charge in [-0.1, -0.05) is 25.0 Å². The third-order valence-electron chi connectivity index (χ3n) is 5.43. The van der Waals surface area contributed by atoms with Gasteiger partial charge >= 0.3 is 0 Å². The fourth-order valence-electron chi connectivity index (χ4n) is 3.78. The normalized spacial score (nSPS) is 19.5. The first kappa shape index (κ1) is 25.2. The highest BCUT2D eigenvalue weighted by Crippen LogP contribution is 2.24. The standard InChI is InChI=1S/C23H37N3O3.HI/c1-3-24-23(25-12-6-13-28-20-7-4-5-8-20)26-16-19-10-9-18(2)15-22(19)29-21-11-14-27-17-21;/h9-10,15,20-21H,3-8,11-14,16-17H2,1-2H3,(H2,24,25,26);1H. The summed E-state index contributed by atoms with van der Waals surface area (Å²) in [4.78, 5) is 4.77. The fourth-order valence-corrected chi connectivity index (χ4v) is 3.78. The van der Waals surface area contributed by atoms with Crippen LogP contribution in [0.5, 0.6) is 5.75 Å². The second-order valence-electron chi connectivity index (χ2n) is 7.97. The maximum Gasteiger partial charge on any atom is 0.191 e. The third-order valence-corrected chi connectivity index (χ3v) is 5.43. The molecule has 1 unspecified atom stereocenters. The van der Waals surface area contributed by atoms with Gasteiger partial charge in [0, 0.05) is 31.7 Å². The Hall–Kier alpha value is -1.06. The lowest BCUT2D eigenvalue weighted by molar-refractivity contribution is 0.0574. The molecule has 0 aromatic heterocycles. The summed E-state index contributed by atoms with van der Waals surface area (Å²) in [7, 11) is 0. The maximum atomic E-state index is 6.19. The highest BCUT2D eigenvalue weighted by molar-refractivity contribution is 14.0. The van der Waals surface area contributed by atoms with Crippen LogP contribution < -0.4 is 15.4 Å². The average Bonchev–Trinajstić information content (AvgIpc) is 3.41. The van der Waals surface area contributed by atoms with E-state index in [2.05, 4.69) is 42.7 Å². The molecule has 2 fully saturated rings. The van der Waals surface area contributed by atoms with Gasteiger partial charge in [0.25, 0.3) is 0 Å². The van der Waals surface area contributed by atoms with E-state index >= 15 is 0 Å². The largest absolute Gasteiger partial charge is 0.488 e. The SMILES string of the molecule is CCNC(=NCc1ccc(C)cc1OC1CCOC1)NCCCOC1CCCC1.I. The minimum Gasteiger partial charge on any atom is -0.488 e.